The first kappa shape index (κ1) is 96.4. The number of fused-ring (bicyclic) bond motifs is 1. The molecule has 10 fully saturated rings. The van der Waals surface area contributed by atoms with E-state index in [1.54, 1.807) is 54.7 Å². The highest BCUT2D eigenvalue weighted by atomic mass is 16.5. The van der Waals surface area contributed by atoms with Crippen molar-refractivity contribution in [2.24, 2.45) is 23.7 Å². The summed E-state index contributed by atoms with van der Waals surface area (Å²) in [7, 11) is 1.65. The summed E-state index contributed by atoms with van der Waals surface area (Å²) in [5.41, 5.74) is 9.31. The van der Waals surface area contributed by atoms with Crippen LogP contribution in [0, 0.1) is 23.7 Å². The lowest BCUT2D eigenvalue weighted by Crippen LogP contribution is -2.39. The fourth-order valence-electron chi connectivity index (χ4n) is 16.7. The van der Waals surface area contributed by atoms with Gasteiger partial charge in [0, 0.05) is 199 Å². The molecule has 5 unspecified atom stereocenters. The molecule has 0 bridgehead atoms. The maximum absolute atomic E-state index is 12.7. The minimum Gasteiger partial charge on any atom is -0.474 e. The van der Waals surface area contributed by atoms with Crippen molar-refractivity contribution in [2.75, 3.05) is 92.3 Å². The zero-order valence-corrected chi connectivity index (χ0v) is 77.8. The number of carbonyl (C=O) groups excluding carboxylic acids is 12. The Morgan fingerprint density at radius 2 is 0.695 bits per heavy atom. The Labute approximate surface area is 764 Å². The number of aromatic amines is 6. The number of amides is 12. The first-order valence-corrected chi connectivity index (χ1v) is 46.8. The Bertz CT molecular complexity index is 5060. The second kappa shape index (κ2) is 43.7. The zero-order chi connectivity index (χ0) is 93.6. The first-order valence-electron chi connectivity index (χ1n) is 46.8. The van der Waals surface area contributed by atoms with Crippen molar-refractivity contribution in [3.63, 3.8) is 0 Å². The minimum atomic E-state index is -0.103. The van der Waals surface area contributed by atoms with Crippen LogP contribution in [0.4, 0.5) is 0 Å². The molecule has 6 aromatic heterocycles. The third kappa shape index (κ3) is 26.2. The van der Waals surface area contributed by atoms with E-state index in [0.29, 0.717) is 155 Å². The number of rotatable bonds is 25. The number of hydrogen-bond acceptors (Lipinski definition) is 20. The number of nitrogens with one attached hydrogen (secondary N) is 11. The van der Waals surface area contributed by atoms with Crippen LogP contribution < -0.4 is 31.3 Å². The highest BCUT2D eigenvalue weighted by Crippen LogP contribution is 2.35. The molecule has 4 saturated carbocycles. The molecule has 6 saturated heterocycles. The third-order valence-electron chi connectivity index (χ3n) is 25.4. The maximum Gasteiger partial charge on any atom is 0.274 e. The molecule has 7 aliphatic heterocycles. The van der Waals surface area contributed by atoms with Crippen LogP contribution in [0.5, 0.6) is 5.88 Å². The van der Waals surface area contributed by atoms with Crippen LogP contribution in [0.25, 0.3) is 0 Å². The van der Waals surface area contributed by atoms with Crippen LogP contribution >= 0.6 is 0 Å². The van der Waals surface area contributed by atoms with E-state index in [1.165, 1.54) is 6.92 Å². The molecule has 38 heteroatoms. The number of ether oxygens (including phenoxy) is 2. The molecule has 0 radical (unpaired) electrons. The van der Waals surface area contributed by atoms with Gasteiger partial charge in [0.2, 0.25) is 35.4 Å². The fourth-order valence-corrected chi connectivity index (χ4v) is 16.7. The summed E-state index contributed by atoms with van der Waals surface area (Å²) in [6.07, 6.45) is 12.9. The summed E-state index contributed by atoms with van der Waals surface area (Å²) in [5.74, 6) is 2.87. The lowest BCUT2D eigenvalue weighted by Gasteiger charge is -2.24. The van der Waals surface area contributed by atoms with E-state index in [0.717, 1.165) is 129 Å². The molecule has 1 aromatic carbocycles. The van der Waals surface area contributed by atoms with Crippen molar-refractivity contribution in [2.45, 2.75) is 251 Å². The van der Waals surface area contributed by atoms with Gasteiger partial charge in [0.15, 0.2) is 0 Å². The maximum atomic E-state index is 12.7. The van der Waals surface area contributed by atoms with Gasteiger partial charge in [-0.05, 0) is 169 Å². The summed E-state index contributed by atoms with van der Waals surface area (Å²) < 4.78 is 10.6. The van der Waals surface area contributed by atoms with Crippen LogP contribution in [-0.2, 0) is 35.3 Å². The Kier molecular flexibility index (Phi) is 32.2. The van der Waals surface area contributed by atoms with Gasteiger partial charge in [-0.1, -0.05) is 80.5 Å². The molecule has 4 aliphatic carbocycles. The lowest BCUT2D eigenvalue weighted by molar-refractivity contribution is -0.123. The van der Waals surface area contributed by atoms with Crippen LogP contribution in [0.15, 0.2) is 60.7 Å². The summed E-state index contributed by atoms with van der Waals surface area (Å²) in [6, 6.07) is 18.9. The average molecular weight is 1810 g/mol. The van der Waals surface area contributed by atoms with Gasteiger partial charge >= 0.3 is 0 Å². The number of benzene rings is 1. The average Bonchev–Trinajstić information content (AvgIpc) is 1.63. The number of hydrogen-bond donors (Lipinski definition) is 11. The summed E-state index contributed by atoms with van der Waals surface area (Å²) in [4.78, 5) is 158. The van der Waals surface area contributed by atoms with Gasteiger partial charge in [-0.3, -0.25) is 88.1 Å². The number of likely N-dealkylation sites (tertiary alicyclic amines) is 6. The van der Waals surface area contributed by atoms with E-state index in [1.807, 2.05) is 82.0 Å². The predicted molar refractivity (Wildman–Crippen MR) is 483 cm³/mol. The molecule has 7 atom stereocenters. The standard InChI is InChI=1S/C19H22N4O2.C16H24N4O3.C15H22N4O3.2C15H22N4O2.C13H20N4O2/c1-12(2)16-9-17(21-20-16)19(25)22-8-7-14(11-22)23-10-13-5-3-4-6-15(13)18(23)24;1-10(9-23-2)13-7-14(19-18-13)16(22)20-6-5-12(8-20)17-15(21)11-3-4-11;1-9(2)22-13-7-12(17-18-13)15(21)19-6-5-11(8-19)16-14(20)10-3-4-10;2*1-9(2)12-7-13(18-17-12)15(21)19-6-5-11(8-19)16-14(20)10-3-4-10;1-8(2)11-6-12(16-15-11)13(19)17-5-4-10(7-17)14-9(3)18/h3-6,9,12,14H,7-8,10-11H2,1-2H3,(H,20,21);7,10-12H,3-6,8-9H2,1-2H3,(H,17,21)(H,18,19);7,9-11H,3-6,8H2,1-2H3,(H,16,20)(H,17,18);2*7,9-11H,3-6,8H2,1-2H3,(H,16,20)(H,17,18);6,8,10H,4-5,7H2,1-3H3,(H,14,18)(H,15,16)/t;;;2*11-;/m...10./s1. The topological polar surface area (TPSA) is 478 Å². The fraction of sp³-hybridized carbons (Fsp3) is 0.613. The number of nitrogens with zero attached hydrogens (tertiary/aromatic N) is 13. The Morgan fingerprint density at radius 3 is 1.01 bits per heavy atom. The first-order chi connectivity index (χ1) is 62.7. The van der Waals surface area contributed by atoms with Gasteiger partial charge in [0.25, 0.3) is 41.4 Å². The zero-order valence-electron chi connectivity index (χ0n) is 77.8. The van der Waals surface area contributed by atoms with Crippen molar-refractivity contribution in [1.29, 1.82) is 0 Å². The molecule has 131 heavy (non-hydrogen) atoms. The van der Waals surface area contributed by atoms with E-state index in [9.17, 15) is 57.5 Å². The number of carbonyl (C=O) groups is 12. The van der Waals surface area contributed by atoms with Gasteiger partial charge in [-0.25, -0.2) is 0 Å². The van der Waals surface area contributed by atoms with Crippen molar-refractivity contribution >= 4 is 70.9 Å². The largest absolute Gasteiger partial charge is 0.474 e. The highest BCUT2D eigenvalue weighted by molar-refractivity contribution is 5.99. The summed E-state index contributed by atoms with van der Waals surface area (Å²) in [5, 5.41) is 56.8. The Morgan fingerprint density at radius 1 is 0.382 bits per heavy atom. The smallest absolute Gasteiger partial charge is 0.274 e. The van der Waals surface area contributed by atoms with Crippen LogP contribution in [0.3, 0.4) is 0 Å². The van der Waals surface area contributed by atoms with E-state index in [-0.39, 0.29) is 143 Å². The normalized spacial score (nSPS) is 21.0. The highest BCUT2D eigenvalue weighted by Gasteiger charge is 2.42. The van der Waals surface area contributed by atoms with Crippen molar-refractivity contribution in [3.8, 4) is 5.88 Å². The van der Waals surface area contributed by atoms with Gasteiger partial charge in [0.05, 0.1) is 18.8 Å². The monoisotopic (exact) mass is 1810 g/mol. The Balaban J connectivity index is 0.000000134. The SMILES string of the molecule is CC(=O)NC1CCN(C(=O)c2cc(C(C)C)[nH]n2)C1.CC(C)Oc1cc(C(=O)N2CCC(NC(=O)C3CC3)C2)[nH]n1.CC(C)c1cc(C(=O)N2CCC(N3Cc4ccccc4C3=O)C2)n[nH]1.CC(C)c1cc(C(=O)N2CC[C@@H](NC(=O)C3CC3)C2)n[nH]1.CC(C)c1cc(C(=O)N2CC[C@H](NC(=O)C3CC3)C2)n[nH]1.COCC(C)c1cc(C(=O)N2CCC(NC(=O)C3CC3)C2)n[nH]1. The van der Waals surface area contributed by atoms with Crippen molar-refractivity contribution in [3.05, 3.63) is 134 Å². The molecule has 18 rings (SSSR count). The number of aromatic nitrogens is 12. The Hall–Kier alpha value is -12.1. The van der Waals surface area contributed by atoms with E-state index in [4.69, 9.17) is 9.47 Å². The molecule has 38 nitrogen and oxygen atoms in total. The molecule has 708 valence electrons. The second-order valence-corrected chi connectivity index (χ2v) is 38.1. The van der Waals surface area contributed by atoms with Crippen molar-refractivity contribution < 1.29 is 67.0 Å². The van der Waals surface area contributed by atoms with E-state index >= 15 is 0 Å². The molecule has 0 spiro atoms. The molecule has 12 amide bonds. The van der Waals surface area contributed by atoms with Crippen LogP contribution in [-0.4, -0.2) is 301 Å². The van der Waals surface area contributed by atoms with E-state index < -0.39 is 0 Å². The minimum absolute atomic E-state index is 0.0139. The lowest BCUT2D eigenvalue weighted by atomic mass is 10.1. The van der Waals surface area contributed by atoms with Gasteiger partial charge in [-0.2, -0.15) is 25.5 Å². The third-order valence-corrected chi connectivity index (χ3v) is 25.4. The van der Waals surface area contributed by atoms with Crippen LogP contribution in [0.1, 0.15) is 310 Å². The predicted octanol–water partition coefficient (Wildman–Crippen LogP) is 7.67. The molecule has 11 aliphatic rings. The number of methoxy groups -OCH3 is 1. The van der Waals surface area contributed by atoms with E-state index in [2.05, 4.69) is 129 Å². The quantitative estimate of drug-likeness (QED) is 0.0261. The van der Waals surface area contributed by atoms with Crippen LogP contribution in [0.2, 0.25) is 0 Å². The summed E-state index contributed by atoms with van der Waals surface area (Å²) >= 11 is 0. The summed E-state index contributed by atoms with van der Waals surface area (Å²) in [6.45, 7) is 32.4. The molecular formula is C93H132N24O14. The molecule has 11 N–H and O–H groups in total. The number of H-pyrrole nitrogens is 6. The molecular weight excluding hydrogens is 1680 g/mol. The van der Waals surface area contributed by atoms with Gasteiger partial charge < -0.3 is 70.4 Å². The van der Waals surface area contributed by atoms with Gasteiger partial charge in [0.1, 0.15) is 34.2 Å². The second-order valence-electron chi connectivity index (χ2n) is 38.1. The van der Waals surface area contributed by atoms with Crippen molar-refractivity contribution in [1.82, 2.24) is 122 Å². The van der Waals surface area contributed by atoms with Gasteiger partial charge in [-0.15, -0.1) is 5.10 Å². The molecule has 7 aromatic rings. The molecule has 13 heterocycles.